The van der Waals surface area contributed by atoms with Crippen molar-refractivity contribution in [1.29, 1.82) is 0 Å². The third-order valence-corrected chi connectivity index (χ3v) is 7.80. The van der Waals surface area contributed by atoms with Gasteiger partial charge in [0, 0.05) is 5.56 Å². The average molecular weight is 592 g/mol. The minimum atomic E-state index is -0.842. The first kappa shape index (κ1) is 28.3. The van der Waals surface area contributed by atoms with E-state index in [-0.39, 0.29) is 45.0 Å². The summed E-state index contributed by atoms with van der Waals surface area (Å²) in [7, 11) is 0. The zero-order valence-corrected chi connectivity index (χ0v) is 23.3. The number of rotatable bonds is 7. The minimum Gasteiger partial charge on any atom is -0.454 e. The van der Waals surface area contributed by atoms with Crippen molar-refractivity contribution in [3.8, 4) is 5.75 Å². The Labute approximate surface area is 245 Å². The van der Waals surface area contributed by atoms with E-state index in [2.05, 4.69) is 0 Å². The van der Waals surface area contributed by atoms with Gasteiger partial charge >= 0.3 is 11.9 Å². The number of anilines is 1. The van der Waals surface area contributed by atoms with Gasteiger partial charge in [0.15, 0.2) is 12.4 Å². The van der Waals surface area contributed by atoms with E-state index >= 15 is 0 Å². The number of amides is 2. The molecule has 0 spiro atoms. The molecule has 0 radical (unpaired) electrons. The lowest BCUT2D eigenvalue weighted by Crippen LogP contribution is -2.32. The Morgan fingerprint density at radius 1 is 0.854 bits per heavy atom. The van der Waals surface area contributed by atoms with Gasteiger partial charge in [-0.1, -0.05) is 47.0 Å². The Kier molecular flexibility index (Phi) is 8.06. The molecule has 1 fully saturated rings. The molecule has 0 N–H and O–H groups in total. The number of carbonyl (C=O) groups excluding carboxylic acids is 5. The molecular weight excluding hydrogens is 569 g/mol. The number of nitrogens with zero attached hydrogens (tertiary/aromatic N) is 1. The lowest BCUT2D eigenvalue weighted by atomic mass is 9.82. The molecule has 1 saturated heterocycles. The lowest BCUT2D eigenvalue weighted by Gasteiger charge is -2.19. The molecule has 8 nitrogen and oxygen atoms in total. The lowest BCUT2D eigenvalue weighted by molar-refractivity contribution is -0.122. The fourth-order valence-corrected chi connectivity index (χ4v) is 5.20. The number of ketones is 1. The highest BCUT2D eigenvalue weighted by Crippen LogP contribution is 2.40. The molecule has 5 rings (SSSR count). The number of hydrogen-bond donors (Lipinski definition) is 0. The summed E-state index contributed by atoms with van der Waals surface area (Å²) in [6.45, 7) is 1.35. The van der Waals surface area contributed by atoms with Crippen LogP contribution in [0.15, 0.2) is 78.4 Å². The quantitative estimate of drug-likeness (QED) is 0.107. The molecule has 1 heterocycles. The highest BCUT2D eigenvalue weighted by atomic mass is 35.5. The summed E-state index contributed by atoms with van der Waals surface area (Å²) in [6, 6.07) is 16.2. The van der Waals surface area contributed by atoms with E-state index in [1.54, 1.807) is 12.1 Å². The highest BCUT2D eigenvalue weighted by molar-refractivity contribution is 6.42. The number of halogens is 2. The SMILES string of the molecule is CC1=CCC2C(=O)N(c3ccccc3C(=O)OCC(=O)c3ccc(OC(=O)c4ccc(Cl)c(Cl)c4)cc3)C(=O)C2C1. The van der Waals surface area contributed by atoms with Gasteiger partial charge in [-0.2, -0.15) is 0 Å². The van der Waals surface area contributed by atoms with Crippen LogP contribution in [0.1, 0.15) is 50.8 Å². The average Bonchev–Trinajstić information content (AvgIpc) is 3.21. The number of carbonyl (C=O) groups is 5. The number of hydrogen-bond acceptors (Lipinski definition) is 7. The zero-order chi connectivity index (χ0) is 29.3. The van der Waals surface area contributed by atoms with Crippen molar-refractivity contribution < 1.29 is 33.4 Å². The molecule has 0 aromatic heterocycles. The van der Waals surface area contributed by atoms with Crippen molar-refractivity contribution in [2.45, 2.75) is 19.8 Å². The highest BCUT2D eigenvalue weighted by Gasteiger charge is 2.49. The second-order valence-electron chi connectivity index (χ2n) is 9.77. The van der Waals surface area contributed by atoms with Crippen molar-refractivity contribution in [2.75, 3.05) is 11.5 Å². The molecule has 3 aromatic carbocycles. The number of para-hydroxylation sites is 1. The third kappa shape index (κ3) is 5.80. The van der Waals surface area contributed by atoms with Crippen LogP contribution in [0.5, 0.6) is 5.75 Å². The largest absolute Gasteiger partial charge is 0.454 e. The van der Waals surface area contributed by atoms with E-state index in [0.717, 1.165) is 10.5 Å². The van der Waals surface area contributed by atoms with E-state index < -0.39 is 36.2 Å². The molecule has 1 aliphatic carbocycles. The summed E-state index contributed by atoms with van der Waals surface area (Å²) >= 11 is 11.8. The predicted octanol–water partition coefficient (Wildman–Crippen LogP) is 6.10. The van der Waals surface area contributed by atoms with Crippen LogP contribution in [0.25, 0.3) is 0 Å². The van der Waals surface area contributed by atoms with Crippen LogP contribution in [0.4, 0.5) is 5.69 Å². The summed E-state index contributed by atoms with van der Waals surface area (Å²) in [4.78, 5) is 65.4. The van der Waals surface area contributed by atoms with Crippen molar-refractivity contribution in [3.05, 3.63) is 105 Å². The second-order valence-corrected chi connectivity index (χ2v) is 10.6. The molecule has 2 unspecified atom stereocenters. The molecule has 3 aromatic rings. The van der Waals surface area contributed by atoms with Gasteiger partial charge in [-0.05, 0) is 74.4 Å². The minimum absolute atomic E-state index is 0.00916. The van der Waals surface area contributed by atoms with Crippen LogP contribution >= 0.6 is 23.2 Å². The van der Waals surface area contributed by atoms with E-state index in [1.165, 1.54) is 54.6 Å². The number of esters is 2. The number of benzene rings is 3. The molecule has 0 bridgehead atoms. The van der Waals surface area contributed by atoms with Crippen LogP contribution in [0.2, 0.25) is 10.0 Å². The molecule has 41 heavy (non-hydrogen) atoms. The first-order chi connectivity index (χ1) is 19.6. The molecule has 2 atom stereocenters. The van der Waals surface area contributed by atoms with Gasteiger partial charge < -0.3 is 9.47 Å². The Balaban J connectivity index is 1.22. The summed E-state index contributed by atoms with van der Waals surface area (Å²) < 4.78 is 10.6. The molecule has 1 aliphatic heterocycles. The second kappa shape index (κ2) is 11.7. The van der Waals surface area contributed by atoms with Crippen molar-refractivity contribution >= 4 is 58.4 Å². The van der Waals surface area contributed by atoms with Gasteiger partial charge in [-0.3, -0.25) is 14.4 Å². The topological polar surface area (TPSA) is 107 Å². The van der Waals surface area contributed by atoms with Gasteiger partial charge in [0.1, 0.15) is 5.75 Å². The first-order valence-electron chi connectivity index (χ1n) is 12.7. The maximum Gasteiger partial charge on any atom is 0.343 e. The maximum atomic E-state index is 13.2. The number of allylic oxidation sites excluding steroid dienone is 2. The summed E-state index contributed by atoms with van der Waals surface area (Å²) in [5.41, 5.74) is 1.63. The van der Waals surface area contributed by atoms with E-state index in [4.69, 9.17) is 32.7 Å². The molecule has 2 amide bonds. The van der Waals surface area contributed by atoms with E-state index in [1.807, 2.05) is 13.0 Å². The normalized spacial score (nSPS) is 18.0. The first-order valence-corrected chi connectivity index (χ1v) is 13.5. The summed E-state index contributed by atoms with van der Waals surface area (Å²) in [5, 5.41) is 0.516. The molecular formula is C31H23Cl2NO7. The van der Waals surface area contributed by atoms with Gasteiger partial charge in [0.25, 0.3) is 0 Å². The Hall–Kier alpha value is -4.27. The Bertz CT molecular complexity index is 1610. The molecule has 10 heteroatoms. The number of ether oxygens (including phenoxy) is 2. The Morgan fingerprint density at radius 3 is 2.27 bits per heavy atom. The van der Waals surface area contributed by atoms with Gasteiger partial charge in [0.05, 0.1) is 38.7 Å². The van der Waals surface area contributed by atoms with Crippen LogP contribution in [-0.4, -0.2) is 36.1 Å². The smallest absolute Gasteiger partial charge is 0.343 e. The van der Waals surface area contributed by atoms with Crippen LogP contribution in [0.3, 0.4) is 0 Å². The van der Waals surface area contributed by atoms with Gasteiger partial charge in [-0.25, -0.2) is 14.5 Å². The van der Waals surface area contributed by atoms with Crippen molar-refractivity contribution in [3.63, 3.8) is 0 Å². The number of Topliss-reactive ketones (excluding diaryl/α,β-unsaturated/α-hetero) is 1. The van der Waals surface area contributed by atoms with Crippen LogP contribution < -0.4 is 9.64 Å². The van der Waals surface area contributed by atoms with Crippen molar-refractivity contribution in [2.24, 2.45) is 11.8 Å². The fraction of sp³-hybridized carbons (Fsp3) is 0.194. The molecule has 208 valence electrons. The Morgan fingerprint density at radius 2 is 1.54 bits per heavy atom. The van der Waals surface area contributed by atoms with Gasteiger partial charge in [0.2, 0.25) is 11.8 Å². The van der Waals surface area contributed by atoms with E-state index in [0.29, 0.717) is 17.9 Å². The number of fused-ring (bicyclic) bond motifs is 1. The molecule has 2 aliphatic rings. The van der Waals surface area contributed by atoms with Gasteiger partial charge in [-0.15, -0.1) is 0 Å². The van der Waals surface area contributed by atoms with E-state index in [9.17, 15) is 24.0 Å². The zero-order valence-electron chi connectivity index (χ0n) is 21.8. The summed E-state index contributed by atoms with van der Waals surface area (Å²) in [6.07, 6.45) is 2.94. The standard InChI is InChI=1S/C31H23Cl2NO7/c1-17-6-12-21-23(14-17)29(37)34(28(21)36)26-5-3-2-4-22(26)31(39)40-16-27(35)18-7-10-20(11-8-18)41-30(38)19-9-13-24(32)25(33)15-19/h2-11,13,15,21,23H,12,14,16H2,1H3. The van der Waals surface area contributed by atoms with Crippen molar-refractivity contribution in [1.82, 2.24) is 0 Å². The van der Waals surface area contributed by atoms with Crippen LogP contribution in [-0.2, 0) is 14.3 Å². The molecule has 0 saturated carbocycles. The maximum absolute atomic E-state index is 13.2. The van der Waals surface area contributed by atoms with Crippen LogP contribution in [0, 0.1) is 11.8 Å². The monoisotopic (exact) mass is 591 g/mol. The fourth-order valence-electron chi connectivity index (χ4n) is 4.91. The predicted molar refractivity (Wildman–Crippen MR) is 151 cm³/mol. The number of imide groups is 1. The third-order valence-electron chi connectivity index (χ3n) is 7.06. The summed E-state index contributed by atoms with van der Waals surface area (Å²) in [5.74, 6) is -3.41.